The van der Waals surface area contributed by atoms with E-state index in [1.54, 1.807) is 30.3 Å². The number of rotatable bonds is 6. The normalized spacial score (nSPS) is 15.2. The van der Waals surface area contributed by atoms with Crippen molar-refractivity contribution in [1.29, 1.82) is 0 Å². The molecule has 0 saturated carbocycles. The Morgan fingerprint density at radius 3 is 2.58 bits per heavy atom. The Morgan fingerprint density at radius 2 is 1.81 bits per heavy atom. The third kappa shape index (κ3) is 3.78. The molecule has 3 heterocycles. The van der Waals surface area contributed by atoms with Gasteiger partial charge in [0, 0.05) is 28.2 Å². The topological polar surface area (TPSA) is 67.9 Å². The van der Waals surface area contributed by atoms with E-state index in [1.807, 2.05) is 29.6 Å². The second-order valence-corrected chi connectivity index (χ2v) is 8.44. The molecule has 0 spiro atoms. The fraction of sp³-hybridized carbons (Fsp3) is 0.130. The zero-order valence-electron chi connectivity index (χ0n) is 16.3. The average Bonchev–Trinajstić information content (AvgIpc) is 3.50. The molecule has 5 rings (SSSR count). The van der Waals surface area contributed by atoms with Crippen LogP contribution in [-0.2, 0) is 16.0 Å². The molecule has 1 aromatic heterocycles. The predicted octanol–water partition coefficient (Wildman–Crippen LogP) is 4.56. The summed E-state index contributed by atoms with van der Waals surface area (Å²) in [6, 6.07) is 16.4. The Kier molecular flexibility index (Phi) is 5.13. The van der Waals surface area contributed by atoms with Gasteiger partial charge in [0.05, 0.1) is 5.57 Å². The van der Waals surface area contributed by atoms with E-state index in [2.05, 4.69) is 5.32 Å². The number of ether oxygens (including phenoxy) is 2. The molecule has 2 aliphatic heterocycles. The van der Waals surface area contributed by atoms with Crippen molar-refractivity contribution in [2.75, 3.05) is 18.7 Å². The standard InChI is InChI=1S/C23H17ClN2O4S/c24-15-5-3-14(4-6-15)9-10-26-22(27)20(19-2-1-11-31-19)21(23(26)28)25-16-7-8-17-18(12-16)30-13-29-17/h1-8,11-12,25H,9-10,13H2. The maximum atomic E-state index is 13.2. The second-order valence-electron chi connectivity index (χ2n) is 7.06. The fourth-order valence-corrected chi connectivity index (χ4v) is 4.45. The summed E-state index contributed by atoms with van der Waals surface area (Å²) in [5.41, 5.74) is 2.30. The molecule has 0 bridgehead atoms. The molecule has 3 aromatic rings. The van der Waals surface area contributed by atoms with Gasteiger partial charge in [0.15, 0.2) is 11.5 Å². The Hall–Kier alpha value is -3.29. The summed E-state index contributed by atoms with van der Waals surface area (Å²) >= 11 is 7.37. The first-order valence-corrected chi connectivity index (χ1v) is 10.9. The summed E-state index contributed by atoms with van der Waals surface area (Å²) in [5.74, 6) is 0.598. The molecule has 2 amide bonds. The predicted molar refractivity (Wildman–Crippen MR) is 119 cm³/mol. The van der Waals surface area contributed by atoms with Crippen molar-refractivity contribution in [1.82, 2.24) is 4.90 Å². The first-order valence-electron chi connectivity index (χ1n) is 9.65. The highest BCUT2D eigenvalue weighted by Gasteiger charge is 2.39. The number of nitrogens with zero attached hydrogens (tertiary/aromatic N) is 1. The van der Waals surface area contributed by atoms with Crippen molar-refractivity contribution < 1.29 is 19.1 Å². The quantitative estimate of drug-likeness (QED) is 0.555. The summed E-state index contributed by atoms with van der Waals surface area (Å²) in [6.07, 6.45) is 0.545. The van der Waals surface area contributed by atoms with Crippen molar-refractivity contribution in [2.45, 2.75) is 6.42 Å². The number of carbonyl (C=O) groups is 2. The van der Waals surface area contributed by atoms with Crippen LogP contribution in [0.3, 0.4) is 0 Å². The third-order valence-electron chi connectivity index (χ3n) is 5.11. The number of halogens is 1. The van der Waals surface area contributed by atoms with Gasteiger partial charge in [0.25, 0.3) is 11.8 Å². The summed E-state index contributed by atoms with van der Waals surface area (Å²) in [5, 5.41) is 5.68. The van der Waals surface area contributed by atoms with Crippen molar-refractivity contribution in [3.63, 3.8) is 0 Å². The number of hydrogen-bond acceptors (Lipinski definition) is 6. The van der Waals surface area contributed by atoms with Crippen LogP contribution in [0.2, 0.25) is 5.02 Å². The number of carbonyl (C=O) groups excluding carboxylic acids is 2. The molecule has 2 aromatic carbocycles. The fourth-order valence-electron chi connectivity index (χ4n) is 3.56. The van der Waals surface area contributed by atoms with E-state index in [4.69, 9.17) is 21.1 Å². The molecule has 0 aliphatic carbocycles. The monoisotopic (exact) mass is 452 g/mol. The van der Waals surface area contributed by atoms with Gasteiger partial charge in [0.1, 0.15) is 5.70 Å². The Bertz CT molecular complexity index is 1190. The lowest BCUT2D eigenvalue weighted by atomic mass is 10.1. The van der Waals surface area contributed by atoms with Gasteiger partial charge in [-0.3, -0.25) is 14.5 Å². The summed E-state index contributed by atoms with van der Waals surface area (Å²) < 4.78 is 10.8. The lowest BCUT2D eigenvalue weighted by molar-refractivity contribution is -0.136. The van der Waals surface area contributed by atoms with E-state index in [1.165, 1.54) is 16.2 Å². The summed E-state index contributed by atoms with van der Waals surface area (Å²) in [6.45, 7) is 0.443. The number of nitrogens with one attached hydrogen (secondary N) is 1. The van der Waals surface area contributed by atoms with Crippen LogP contribution in [0.1, 0.15) is 10.4 Å². The minimum Gasteiger partial charge on any atom is -0.454 e. The smallest absolute Gasteiger partial charge is 0.278 e. The highest BCUT2D eigenvalue weighted by Crippen LogP contribution is 2.37. The van der Waals surface area contributed by atoms with Crippen LogP contribution in [0.4, 0.5) is 5.69 Å². The third-order valence-corrected chi connectivity index (χ3v) is 6.25. The molecular weight excluding hydrogens is 436 g/mol. The Labute approximate surface area is 187 Å². The molecule has 31 heavy (non-hydrogen) atoms. The number of fused-ring (bicyclic) bond motifs is 1. The molecule has 1 N–H and O–H groups in total. The number of amides is 2. The van der Waals surface area contributed by atoms with Crippen LogP contribution < -0.4 is 14.8 Å². The molecule has 2 aliphatic rings. The van der Waals surface area contributed by atoms with Crippen molar-refractivity contribution in [3.05, 3.63) is 81.1 Å². The molecule has 6 nitrogen and oxygen atoms in total. The van der Waals surface area contributed by atoms with Crippen LogP contribution in [0.25, 0.3) is 5.57 Å². The second kappa shape index (κ2) is 8.09. The number of benzene rings is 2. The lowest BCUT2D eigenvalue weighted by Crippen LogP contribution is -2.34. The molecule has 0 saturated heterocycles. The molecule has 156 valence electrons. The minimum absolute atomic E-state index is 0.165. The molecule has 0 unspecified atom stereocenters. The number of anilines is 1. The van der Waals surface area contributed by atoms with Crippen LogP contribution in [0.5, 0.6) is 11.5 Å². The average molecular weight is 453 g/mol. The molecule has 0 radical (unpaired) electrons. The Morgan fingerprint density at radius 1 is 1.00 bits per heavy atom. The van der Waals surface area contributed by atoms with Crippen molar-refractivity contribution >= 4 is 46.0 Å². The number of imide groups is 1. The summed E-state index contributed by atoms with van der Waals surface area (Å²) in [7, 11) is 0. The van der Waals surface area contributed by atoms with Gasteiger partial charge in [-0.1, -0.05) is 29.8 Å². The SMILES string of the molecule is O=C1C(Nc2ccc3c(c2)OCO3)=C(c2cccs2)C(=O)N1CCc1ccc(Cl)cc1. The van der Waals surface area contributed by atoms with Crippen LogP contribution in [0, 0.1) is 0 Å². The van der Waals surface area contributed by atoms with Crippen molar-refractivity contribution in [3.8, 4) is 11.5 Å². The largest absolute Gasteiger partial charge is 0.454 e. The molecular formula is C23H17ClN2O4S. The Balaban J connectivity index is 1.42. The van der Waals surface area contributed by atoms with Gasteiger partial charge >= 0.3 is 0 Å². The van der Waals surface area contributed by atoms with Crippen LogP contribution in [0.15, 0.2) is 65.7 Å². The van der Waals surface area contributed by atoms with Crippen molar-refractivity contribution in [2.24, 2.45) is 0 Å². The van der Waals surface area contributed by atoms with Gasteiger partial charge < -0.3 is 14.8 Å². The first-order chi connectivity index (χ1) is 15.1. The number of thiophene rings is 1. The van der Waals surface area contributed by atoms with Gasteiger partial charge in [-0.05, 0) is 47.7 Å². The highest BCUT2D eigenvalue weighted by atomic mass is 35.5. The maximum Gasteiger partial charge on any atom is 0.278 e. The van der Waals surface area contributed by atoms with E-state index in [0.717, 1.165) is 10.4 Å². The first kappa shape index (κ1) is 19.7. The van der Waals surface area contributed by atoms with Gasteiger partial charge in [-0.15, -0.1) is 11.3 Å². The van der Waals surface area contributed by atoms with Gasteiger partial charge in [0.2, 0.25) is 6.79 Å². The zero-order valence-corrected chi connectivity index (χ0v) is 17.8. The van der Waals surface area contributed by atoms with Gasteiger partial charge in [-0.25, -0.2) is 0 Å². The van der Waals surface area contributed by atoms with Gasteiger partial charge in [-0.2, -0.15) is 0 Å². The lowest BCUT2D eigenvalue weighted by Gasteiger charge is -2.15. The highest BCUT2D eigenvalue weighted by molar-refractivity contribution is 7.11. The molecule has 0 atom stereocenters. The van der Waals surface area contributed by atoms with Crippen LogP contribution >= 0.6 is 22.9 Å². The van der Waals surface area contributed by atoms with E-state index >= 15 is 0 Å². The minimum atomic E-state index is -0.347. The van der Waals surface area contributed by atoms with E-state index in [-0.39, 0.29) is 30.8 Å². The van der Waals surface area contributed by atoms with E-state index in [9.17, 15) is 9.59 Å². The number of hydrogen-bond donors (Lipinski definition) is 1. The molecule has 8 heteroatoms. The summed E-state index contributed by atoms with van der Waals surface area (Å²) in [4.78, 5) is 28.5. The maximum absolute atomic E-state index is 13.2. The zero-order chi connectivity index (χ0) is 21.4. The van der Waals surface area contributed by atoms with E-state index in [0.29, 0.717) is 34.2 Å². The van der Waals surface area contributed by atoms with E-state index < -0.39 is 0 Å². The van der Waals surface area contributed by atoms with Crippen LogP contribution in [-0.4, -0.2) is 30.1 Å². The molecule has 0 fully saturated rings.